The highest BCUT2D eigenvalue weighted by Crippen LogP contribution is 2.38. The van der Waals surface area contributed by atoms with E-state index in [1.54, 1.807) is 17.0 Å². The third kappa shape index (κ3) is 3.89. The molecule has 1 aliphatic heterocycles. The summed E-state index contributed by atoms with van der Waals surface area (Å²) in [7, 11) is 0. The first kappa shape index (κ1) is 19.2. The van der Waals surface area contributed by atoms with Gasteiger partial charge in [0.2, 0.25) is 5.91 Å². The molecule has 1 aliphatic rings. The molecule has 1 atom stereocenters. The average Bonchev–Trinajstić information content (AvgIpc) is 2.83. The quantitative estimate of drug-likeness (QED) is 0.642. The summed E-state index contributed by atoms with van der Waals surface area (Å²) in [6.07, 6.45) is 0. The molecule has 1 heterocycles. The summed E-state index contributed by atoms with van der Waals surface area (Å²) >= 11 is 6.29. The predicted molar refractivity (Wildman–Crippen MR) is 115 cm³/mol. The molecule has 146 valence electrons. The summed E-state index contributed by atoms with van der Waals surface area (Å²) in [4.78, 5) is 27.9. The second-order valence-corrected chi connectivity index (χ2v) is 7.84. The molecular weight excluding hydrogens is 384 g/mol. The van der Waals surface area contributed by atoms with Crippen LogP contribution >= 0.6 is 11.6 Å². The standard InChI is InChI=1S/C24H21ClN2O2/c1-15-10-16(2)12-18(11-15)24(29)27-14-22(28)26-21-9-8-19(25)13-20(21)23(27)17-6-4-3-5-7-17/h3-13,23H,14H2,1-2H3,(H,26,28). The zero-order chi connectivity index (χ0) is 20.5. The number of fused-ring (bicyclic) bond motifs is 1. The zero-order valence-corrected chi connectivity index (χ0v) is 17.0. The lowest BCUT2D eigenvalue weighted by molar-refractivity contribution is -0.117. The summed E-state index contributed by atoms with van der Waals surface area (Å²) in [5, 5.41) is 3.47. The van der Waals surface area contributed by atoms with E-state index in [1.165, 1.54) is 0 Å². The number of rotatable bonds is 2. The predicted octanol–water partition coefficient (Wildman–Crippen LogP) is 5.14. The molecule has 0 fully saturated rings. The molecule has 0 saturated heterocycles. The summed E-state index contributed by atoms with van der Waals surface area (Å²) < 4.78 is 0. The number of hydrogen-bond donors (Lipinski definition) is 1. The Balaban J connectivity index is 1.90. The zero-order valence-electron chi connectivity index (χ0n) is 16.3. The van der Waals surface area contributed by atoms with Crippen molar-refractivity contribution in [3.8, 4) is 0 Å². The molecule has 2 amide bonds. The van der Waals surface area contributed by atoms with E-state index in [-0.39, 0.29) is 18.4 Å². The molecule has 0 spiro atoms. The lowest BCUT2D eigenvalue weighted by Crippen LogP contribution is -2.39. The Morgan fingerprint density at radius 2 is 1.69 bits per heavy atom. The van der Waals surface area contributed by atoms with Crippen LogP contribution < -0.4 is 5.32 Å². The van der Waals surface area contributed by atoms with Gasteiger partial charge in [-0.05, 0) is 49.7 Å². The molecular formula is C24H21ClN2O2. The highest BCUT2D eigenvalue weighted by atomic mass is 35.5. The first-order chi connectivity index (χ1) is 13.9. The van der Waals surface area contributed by atoms with Crippen molar-refractivity contribution in [3.05, 3.63) is 99.6 Å². The Hall–Kier alpha value is -3.11. The molecule has 5 heteroatoms. The van der Waals surface area contributed by atoms with Crippen LogP contribution in [0.15, 0.2) is 66.7 Å². The molecule has 1 unspecified atom stereocenters. The summed E-state index contributed by atoms with van der Waals surface area (Å²) in [5.74, 6) is -0.418. The normalized spacial score (nSPS) is 16.0. The van der Waals surface area contributed by atoms with Crippen molar-refractivity contribution in [2.45, 2.75) is 19.9 Å². The van der Waals surface area contributed by atoms with Crippen LogP contribution in [-0.2, 0) is 4.79 Å². The van der Waals surface area contributed by atoms with Crippen molar-refractivity contribution in [1.29, 1.82) is 0 Å². The lowest BCUT2D eigenvalue weighted by atomic mass is 9.95. The maximum Gasteiger partial charge on any atom is 0.255 e. The van der Waals surface area contributed by atoms with Gasteiger partial charge in [-0.25, -0.2) is 0 Å². The SMILES string of the molecule is Cc1cc(C)cc(C(=O)N2CC(=O)Nc3ccc(Cl)cc3C2c2ccccc2)c1. The smallest absolute Gasteiger partial charge is 0.255 e. The number of nitrogens with one attached hydrogen (secondary N) is 1. The van der Waals surface area contributed by atoms with Crippen molar-refractivity contribution in [2.75, 3.05) is 11.9 Å². The van der Waals surface area contributed by atoms with Crippen LogP contribution in [-0.4, -0.2) is 23.3 Å². The van der Waals surface area contributed by atoms with E-state index >= 15 is 0 Å². The minimum atomic E-state index is -0.433. The minimum absolute atomic E-state index is 0.0440. The van der Waals surface area contributed by atoms with Crippen LogP contribution in [0.1, 0.15) is 38.7 Å². The fraction of sp³-hybridized carbons (Fsp3) is 0.167. The van der Waals surface area contributed by atoms with Crippen LogP contribution in [0, 0.1) is 13.8 Å². The Kier molecular flexibility index (Phi) is 5.12. The van der Waals surface area contributed by atoms with Gasteiger partial charge in [0.05, 0.1) is 6.04 Å². The molecule has 3 aromatic carbocycles. The maximum atomic E-state index is 13.6. The highest BCUT2D eigenvalue weighted by Gasteiger charge is 2.34. The van der Waals surface area contributed by atoms with E-state index in [2.05, 4.69) is 5.32 Å². The first-order valence-electron chi connectivity index (χ1n) is 9.46. The van der Waals surface area contributed by atoms with Gasteiger partial charge >= 0.3 is 0 Å². The van der Waals surface area contributed by atoms with Crippen molar-refractivity contribution >= 4 is 29.1 Å². The van der Waals surface area contributed by atoms with E-state index < -0.39 is 6.04 Å². The van der Waals surface area contributed by atoms with Gasteiger partial charge in [0.25, 0.3) is 5.91 Å². The Morgan fingerprint density at radius 3 is 2.38 bits per heavy atom. The second kappa shape index (κ2) is 7.72. The third-order valence-corrected chi connectivity index (χ3v) is 5.29. The summed E-state index contributed by atoms with van der Waals surface area (Å²) in [6.45, 7) is 3.88. The number of carbonyl (C=O) groups is 2. The molecule has 0 saturated carbocycles. The number of aryl methyl sites for hydroxylation is 2. The number of anilines is 1. The van der Waals surface area contributed by atoms with Crippen molar-refractivity contribution in [2.24, 2.45) is 0 Å². The molecule has 0 radical (unpaired) electrons. The van der Waals surface area contributed by atoms with Gasteiger partial charge in [-0.3, -0.25) is 9.59 Å². The minimum Gasteiger partial charge on any atom is -0.324 e. The van der Waals surface area contributed by atoms with E-state index in [0.29, 0.717) is 16.3 Å². The maximum absolute atomic E-state index is 13.6. The van der Waals surface area contributed by atoms with E-state index in [1.807, 2.05) is 68.4 Å². The van der Waals surface area contributed by atoms with Gasteiger partial charge in [-0.15, -0.1) is 0 Å². The monoisotopic (exact) mass is 404 g/mol. The van der Waals surface area contributed by atoms with E-state index in [9.17, 15) is 9.59 Å². The van der Waals surface area contributed by atoms with Crippen LogP contribution in [0.3, 0.4) is 0 Å². The number of nitrogens with zero attached hydrogens (tertiary/aromatic N) is 1. The molecule has 0 aliphatic carbocycles. The summed E-state index contributed by atoms with van der Waals surface area (Å²) in [6, 6.07) is 20.4. The topological polar surface area (TPSA) is 49.4 Å². The van der Waals surface area contributed by atoms with Crippen LogP contribution in [0.25, 0.3) is 0 Å². The number of amides is 2. The molecule has 29 heavy (non-hydrogen) atoms. The van der Waals surface area contributed by atoms with Gasteiger partial charge in [0.1, 0.15) is 6.54 Å². The van der Waals surface area contributed by atoms with Gasteiger partial charge < -0.3 is 10.2 Å². The van der Waals surface area contributed by atoms with Gasteiger partial charge in [0.15, 0.2) is 0 Å². The fourth-order valence-electron chi connectivity index (χ4n) is 3.93. The van der Waals surface area contributed by atoms with Crippen LogP contribution in [0.2, 0.25) is 5.02 Å². The number of benzene rings is 3. The number of carbonyl (C=O) groups excluding carboxylic acids is 2. The molecule has 1 N–H and O–H groups in total. The fourth-order valence-corrected chi connectivity index (χ4v) is 4.11. The van der Waals surface area contributed by atoms with E-state index in [0.717, 1.165) is 22.3 Å². The van der Waals surface area contributed by atoms with E-state index in [4.69, 9.17) is 11.6 Å². The van der Waals surface area contributed by atoms with Crippen LogP contribution in [0.4, 0.5) is 5.69 Å². The molecule has 4 rings (SSSR count). The Morgan fingerprint density at radius 1 is 1.00 bits per heavy atom. The third-order valence-electron chi connectivity index (χ3n) is 5.05. The van der Waals surface area contributed by atoms with Gasteiger partial charge in [0, 0.05) is 21.8 Å². The highest BCUT2D eigenvalue weighted by molar-refractivity contribution is 6.30. The summed E-state index contributed by atoms with van der Waals surface area (Å²) in [5.41, 5.74) is 4.97. The van der Waals surface area contributed by atoms with Gasteiger partial charge in [-0.1, -0.05) is 59.1 Å². The van der Waals surface area contributed by atoms with Crippen LogP contribution in [0.5, 0.6) is 0 Å². The van der Waals surface area contributed by atoms with Crippen molar-refractivity contribution < 1.29 is 9.59 Å². The average molecular weight is 405 g/mol. The molecule has 4 nitrogen and oxygen atoms in total. The number of hydrogen-bond acceptors (Lipinski definition) is 2. The molecule has 3 aromatic rings. The van der Waals surface area contributed by atoms with Gasteiger partial charge in [-0.2, -0.15) is 0 Å². The Labute approximate surface area is 175 Å². The molecule has 0 aromatic heterocycles. The van der Waals surface area contributed by atoms with Crippen molar-refractivity contribution in [1.82, 2.24) is 4.90 Å². The van der Waals surface area contributed by atoms with Crippen molar-refractivity contribution in [3.63, 3.8) is 0 Å². The largest absolute Gasteiger partial charge is 0.324 e. The first-order valence-corrected chi connectivity index (χ1v) is 9.83. The second-order valence-electron chi connectivity index (χ2n) is 7.40. The number of halogens is 1. The Bertz CT molecular complexity index is 1080. The molecule has 0 bridgehead atoms. The lowest BCUT2D eigenvalue weighted by Gasteiger charge is -2.31.